The molecule has 0 fully saturated rings. The lowest BCUT2D eigenvalue weighted by Gasteiger charge is -1.96. The third kappa shape index (κ3) is 2.18. The number of carbonyl (C=O) groups excluding carboxylic acids is 1. The number of hydrogen-bond donors (Lipinski definition) is 1. The van der Waals surface area contributed by atoms with Crippen LogP contribution >= 0.6 is 0 Å². The molecule has 0 aliphatic heterocycles. The molecule has 17 heavy (non-hydrogen) atoms. The fourth-order valence-electron chi connectivity index (χ4n) is 1.56. The molecule has 0 amide bonds. The van der Waals surface area contributed by atoms with Gasteiger partial charge in [-0.15, -0.1) is 0 Å². The summed E-state index contributed by atoms with van der Waals surface area (Å²) >= 11 is 0. The monoisotopic (exact) mass is 234 g/mol. The van der Waals surface area contributed by atoms with E-state index in [1.807, 2.05) is 13.0 Å². The number of carbonyl (C=O) groups is 1. The number of methoxy groups -OCH3 is 1. The van der Waals surface area contributed by atoms with Gasteiger partial charge in [-0.05, 0) is 24.6 Å². The fourth-order valence-corrected chi connectivity index (χ4v) is 1.56. The van der Waals surface area contributed by atoms with Gasteiger partial charge >= 0.3 is 5.97 Å². The summed E-state index contributed by atoms with van der Waals surface area (Å²) in [5, 5.41) is 7.87. The minimum absolute atomic E-state index is 0.562. The van der Waals surface area contributed by atoms with E-state index >= 15 is 0 Å². The first-order chi connectivity index (χ1) is 8.11. The Kier molecular flexibility index (Phi) is 2.91. The Morgan fingerprint density at radius 1 is 1.53 bits per heavy atom. The van der Waals surface area contributed by atoms with Crippen LogP contribution < -0.4 is 0 Å². The van der Waals surface area contributed by atoms with Crippen molar-refractivity contribution in [1.29, 1.82) is 0 Å². The van der Waals surface area contributed by atoms with Crippen LogP contribution in [0.25, 0.3) is 17.0 Å². The molecule has 1 heterocycles. The number of hydrogen-bond acceptors (Lipinski definition) is 3. The van der Waals surface area contributed by atoms with E-state index in [-0.39, 0.29) is 0 Å². The minimum Gasteiger partial charge on any atom is -0.464 e. The predicted octanol–water partition coefficient (Wildman–Crippen LogP) is 2.35. The van der Waals surface area contributed by atoms with Crippen LogP contribution in [0.1, 0.15) is 11.3 Å². The second kappa shape index (κ2) is 4.37. The smallest absolute Gasteiger partial charge is 0.366 e. The third-order valence-electron chi connectivity index (χ3n) is 2.44. The Morgan fingerprint density at radius 2 is 2.29 bits per heavy atom. The summed E-state index contributed by atoms with van der Waals surface area (Å²) in [6.45, 7) is 1.90. The van der Waals surface area contributed by atoms with E-state index in [0.717, 1.165) is 29.8 Å². The highest BCUT2D eigenvalue weighted by Crippen LogP contribution is 2.18. The number of nitrogens with zero attached hydrogens (tertiary/aromatic N) is 1. The van der Waals surface area contributed by atoms with Gasteiger partial charge in [0, 0.05) is 11.1 Å². The molecule has 0 aliphatic rings. The quantitative estimate of drug-likeness (QED) is 0.641. The number of aromatic amines is 1. The van der Waals surface area contributed by atoms with Gasteiger partial charge < -0.3 is 4.74 Å². The highest BCUT2D eigenvalue weighted by Gasteiger charge is 2.08. The summed E-state index contributed by atoms with van der Waals surface area (Å²) in [6.07, 6.45) is 1.12. The molecule has 4 nitrogen and oxygen atoms in total. The van der Waals surface area contributed by atoms with Crippen molar-refractivity contribution in [3.63, 3.8) is 0 Å². The third-order valence-corrected chi connectivity index (χ3v) is 2.44. The summed E-state index contributed by atoms with van der Waals surface area (Å²) < 4.78 is 17.5. The van der Waals surface area contributed by atoms with Crippen molar-refractivity contribution in [2.24, 2.45) is 0 Å². The molecule has 88 valence electrons. The van der Waals surface area contributed by atoms with Gasteiger partial charge in [0.1, 0.15) is 0 Å². The number of fused-ring (bicyclic) bond motifs is 1. The van der Waals surface area contributed by atoms with Gasteiger partial charge in [0.15, 0.2) is 0 Å². The van der Waals surface area contributed by atoms with Gasteiger partial charge in [0.25, 0.3) is 0 Å². The molecule has 0 spiro atoms. The van der Waals surface area contributed by atoms with Crippen molar-refractivity contribution >= 4 is 22.9 Å². The number of esters is 1. The molecule has 1 N–H and O–H groups in total. The highest BCUT2D eigenvalue weighted by atomic mass is 19.1. The van der Waals surface area contributed by atoms with E-state index in [9.17, 15) is 9.18 Å². The van der Waals surface area contributed by atoms with Crippen molar-refractivity contribution in [3.05, 3.63) is 35.3 Å². The van der Waals surface area contributed by atoms with E-state index in [0.29, 0.717) is 5.56 Å². The van der Waals surface area contributed by atoms with Crippen molar-refractivity contribution in [3.8, 4) is 0 Å². The zero-order valence-electron chi connectivity index (χ0n) is 9.45. The number of ether oxygens (including phenoxy) is 1. The van der Waals surface area contributed by atoms with Gasteiger partial charge in [-0.2, -0.15) is 9.49 Å². The van der Waals surface area contributed by atoms with Crippen molar-refractivity contribution in [2.75, 3.05) is 7.11 Å². The molecule has 0 saturated carbocycles. The Balaban J connectivity index is 2.40. The number of nitrogens with one attached hydrogen (secondary N) is 1. The number of rotatable bonds is 2. The fraction of sp³-hybridized carbons (Fsp3) is 0.167. The maximum atomic E-state index is 13.2. The maximum absolute atomic E-state index is 13.2. The van der Waals surface area contributed by atoms with Crippen LogP contribution in [0, 0.1) is 6.92 Å². The lowest BCUT2D eigenvalue weighted by Crippen LogP contribution is -1.99. The van der Waals surface area contributed by atoms with E-state index in [1.165, 1.54) is 0 Å². The minimum atomic E-state index is -0.983. The number of benzene rings is 1. The van der Waals surface area contributed by atoms with Crippen LogP contribution in [-0.2, 0) is 9.53 Å². The molecule has 1 aromatic carbocycles. The Bertz CT molecular complexity index is 602. The van der Waals surface area contributed by atoms with Crippen molar-refractivity contribution in [2.45, 2.75) is 6.92 Å². The maximum Gasteiger partial charge on any atom is 0.366 e. The predicted molar refractivity (Wildman–Crippen MR) is 61.9 cm³/mol. The van der Waals surface area contributed by atoms with Gasteiger partial charge in [-0.3, -0.25) is 5.10 Å². The summed E-state index contributed by atoms with van der Waals surface area (Å²) in [5.74, 6) is -1.91. The molecular formula is C12H11FN2O2. The second-order valence-electron chi connectivity index (χ2n) is 3.61. The van der Waals surface area contributed by atoms with Crippen molar-refractivity contribution < 1.29 is 13.9 Å². The molecule has 0 radical (unpaired) electrons. The van der Waals surface area contributed by atoms with Gasteiger partial charge in [0.2, 0.25) is 5.83 Å². The average molecular weight is 234 g/mol. The van der Waals surface area contributed by atoms with E-state index in [1.54, 1.807) is 12.1 Å². The lowest BCUT2D eigenvalue weighted by molar-refractivity contribution is -0.137. The first-order valence-electron chi connectivity index (χ1n) is 5.02. The standard InChI is InChI=1S/C12H11FN2O2/c1-7-9-4-3-8(6-11(9)15-14-7)5-10(13)12(16)17-2/h3-6H,1-2H3,(H,14,15)/b10-5-. The second-order valence-corrected chi connectivity index (χ2v) is 3.61. The highest BCUT2D eigenvalue weighted by molar-refractivity contribution is 5.92. The Labute approximate surface area is 97.1 Å². The van der Waals surface area contributed by atoms with E-state index in [2.05, 4.69) is 14.9 Å². The van der Waals surface area contributed by atoms with Crippen molar-refractivity contribution in [1.82, 2.24) is 10.2 Å². The molecule has 2 aromatic rings. The first-order valence-corrected chi connectivity index (χ1v) is 5.02. The van der Waals surface area contributed by atoms with Crippen LogP contribution in [0.2, 0.25) is 0 Å². The number of aryl methyl sites for hydroxylation is 1. The molecule has 0 aliphatic carbocycles. The van der Waals surface area contributed by atoms with Gasteiger partial charge in [-0.1, -0.05) is 12.1 Å². The van der Waals surface area contributed by atoms with Crippen LogP contribution in [0.4, 0.5) is 4.39 Å². The number of H-pyrrole nitrogens is 1. The first kappa shape index (κ1) is 11.3. The molecular weight excluding hydrogens is 223 g/mol. The zero-order valence-corrected chi connectivity index (χ0v) is 9.45. The van der Waals surface area contributed by atoms with Gasteiger partial charge in [0.05, 0.1) is 12.6 Å². The lowest BCUT2D eigenvalue weighted by atomic mass is 10.1. The summed E-state index contributed by atoms with van der Waals surface area (Å²) in [4.78, 5) is 10.9. The number of halogens is 1. The van der Waals surface area contributed by atoms with E-state index in [4.69, 9.17) is 0 Å². The van der Waals surface area contributed by atoms with Crippen LogP contribution in [0.3, 0.4) is 0 Å². The SMILES string of the molecule is COC(=O)/C(F)=C/c1ccc2c(C)[nH]nc2c1. The molecule has 5 heteroatoms. The summed E-state index contributed by atoms with van der Waals surface area (Å²) in [5.41, 5.74) is 2.24. The topological polar surface area (TPSA) is 55.0 Å². The molecule has 0 bridgehead atoms. The molecule has 2 rings (SSSR count). The summed E-state index contributed by atoms with van der Waals surface area (Å²) in [7, 11) is 1.13. The largest absolute Gasteiger partial charge is 0.464 e. The Hall–Kier alpha value is -2.17. The molecule has 0 atom stereocenters. The van der Waals surface area contributed by atoms with Crippen LogP contribution in [0.5, 0.6) is 0 Å². The average Bonchev–Trinajstić information content (AvgIpc) is 2.69. The molecule has 0 unspecified atom stereocenters. The van der Waals surface area contributed by atoms with Gasteiger partial charge in [-0.25, -0.2) is 4.79 Å². The summed E-state index contributed by atoms with van der Waals surface area (Å²) in [6, 6.07) is 5.24. The molecule has 1 aromatic heterocycles. The number of aromatic nitrogens is 2. The normalized spacial score (nSPS) is 11.8. The van der Waals surface area contributed by atoms with Crippen LogP contribution in [0.15, 0.2) is 24.0 Å². The molecule has 0 saturated heterocycles. The van der Waals surface area contributed by atoms with E-state index < -0.39 is 11.8 Å². The Morgan fingerprint density at radius 3 is 3.00 bits per heavy atom. The van der Waals surface area contributed by atoms with Crippen LogP contribution in [-0.4, -0.2) is 23.3 Å². The zero-order chi connectivity index (χ0) is 12.4.